The monoisotopic (exact) mass is 330 g/mol. The van der Waals surface area contributed by atoms with Crippen molar-refractivity contribution in [2.45, 2.75) is 6.54 Å². The lowest BCUT2D eigenvalue weighted by Crippen LogP contribution is -2.24. The molecule has 1 aliphatic rings. The number of ether oxygens (including phenoxy) is 1. The summed E-state index contributed by atoms with van der Waals surface area (Å²) >= 11 is 6.06. The number of cyclic esters (lactones) is 1. The molecule has 118 valence electrons. The lowest BCUT2D eigenvalue weighted by atomic mass is 10.1. The highest BCUT2D eigenvalue weighted by Gasteiger charge is 2.23. The second-order valence-electron chi connectivity index (χ2n) is 5.09. The van der Waals surface area contributed by atoms with E-state index in [1.54, 1.807) is 30.3 Å². The van der Waals surface area contributed by atoms with Crippen LogP contribution in [-0.4, -0.2) is 25.2 Å². The quantitative estimate of drug-likeness (QED) is 0.936. The van der Waals surface area contributed by atoms with Gasteiger partial charge in [-0.15, -0.1) is 0 Å². The average molecular weight is 331 g/mol. The largest absolute Gasteiger partial charge is 0.447 e. The van der Waals surface area contributed by atoms with Gasteiger partial charge in [-0.2, -0.15) is 0 Å². The second-order valence-corrected chi connectivity index (χ2v) is 5.49. The second kappa shape index (κ2) is 6.71. The maximum Gasteiger partial charge on any atom is 0.414 e. The Morgan fingerprint density at radius 3 is 2.57 bits per heavy atom. The van der Waals surface area contributed by atoms with Crippen LogP contribution in [0.2, 0.25) is 5.02 Å². The van der Waals surface area contributed by atoms with Crippen molar-refractivity contribution >= 4 is 29.3 Å². The van der Waals surface area contributed by atoms with Gasteiger partial charge in [-0.05, 0) is 35.9 Å². The molecule has 1 N–H and O–H groups in total. The zero-order chi connectivity index (χ0) is 16.2. The minimum atomic E-state index is -0.360. The predicted molar refractivity (Wildman–Crippen MR) is 87.8 cm³/mol. The first kappa shape index (κ1) is 15.4. The van der Waals surface area contributed by atoms with E-state index >= 15 is 0 Å². The predicted octanol–water partition coefficient (Wildman–Crippen LogP) is 3.23. The summed E-state index contributed by atoms with van der Waals surface area (Å²) in [6.07, 6.45) is -0.360. The van der Waals surface area contributed by atoms with Gasteiger partial charge in [0.25, 0.3) is 5.91 Å². The fraction of sp³-hybridized carbons (Fsp3) is 0.176. The molecule has 1 aliphatic heterocycles. The summed E-state index contributed by atoms with van der Waals surface area (Å²) in [5.74, 6) is -0.194. The van der Waals surface area contributed by atoms with Crippen LogP contribution in [0.4, 0.5) is 10.5 Å². The van der Waals surface area contributed by atoms with Crippen LogP contribution in [0.25, 0.3) is 0 Å². The molecule has 0 aromatic heterocycles. The third kappa shape index (κ3) is 3.46. The van der Waals surface area contributed by atoms with Crippen LogP contribution >= 0.6 is 11.6 Å². The van der Waals surface area contributed by atoms with Crippen LogP contribution in [0.3, 0.4) is 0 Å². The maximum atomic E-state index is 12.2. The molecule has 5 nitrogen and oxygen atoms in total. The lowest BCUT2D eigenvalue weighted by Gasteiger charge is -2.13. The standard InChI is InChI=1S/C17H15ClN2O3/c18-15-4-2-1-3-13(15)11-19-16(21)12-5-7-14(8-6-12)20-9-10-23-17(20)22/h1-8H,9-11H2,(H,19,21). The van der Waals surface area contributed by atoms with Gasteiger partial charge in [0, 0.05) is 22.8 Å². The van der Waals surface area contributed by atoms with Gasteiger partial charge in [-0.25, -0.2) is 4.79 Å². The fourth-order valence-electron chi connectivity index (χ4n) is 2.34. The zero-order valence-electron chi connectivity index (χ0n) is 12.3. The van der Waals surface area contributed by atoms with Gasteiger partial charge in [0.05, 0.1) is 6.54 Å². The minimum absolute atomic E-state index is 0.194. The van der Waals surface area contributed by atoms with Crippen LogP contribution in [0.1, 0.15) is 15.9 Å². The van der Waals surface area contributed by atoms with Crippen molar-refractivity contribution in [1.82, 2.24) is 5.32 Å². The summed E-state index contributed by atoms with van der Waals surface area (Å²) in [6.45, 7) is 1.27. The number of hydrogen-bond donors (Lipinski definition) is 1. The van der Waals surface area contributed by atoms with E-state index in [4.69, 9.17) is 16.3 Å². The highest BCUT2D eigenvalue weighted by atomic mass is 35.5. The van der Waals surface area contributed by atoms with E-state index in [-0.39, 0.29) is 12.0 Å². The van der Waals surface area contributed by atoms with E-state index in [1.807, 2.05) is 18.2 Å². The molecular weight excluding hydrogens is 316 g/mol. The normalized spacial score (nSPS) is 13.8. The van der Waals surface area contributed by atoms with Gasteiger partial charge in [-0.3, -0.25) is 9.69 Å². The number of carbonyl (C=O) groups excluding carboxylic acids is 2. The third-order valence-electron chi connectivity index (χ3n) is 3.60. The number of carbonyl (C=O) groups is 2. The summed E-state index contributed by atoms with van der Waals surface area (Å²) in [4.78, 5) is 25.2. The summed E-state index contributed by atoms with van der Waals surface area (Å²) < 4.78 is 4.89. The van der Waals surface area contributed by atoms with Crippen LogP contribution in [0.15, 0.2) is 48.5 Å². The van der Waals surface area contributed by atoms with E-state index in [1.165, 1.54) is 4.90 Å². The fourth-order valence-corrected chi connectivity index (χ4v) is 2.54. The molecule has 2 amide bonds. The number of amides is 2. The molecule has 0 saturated carbocycles. The van der Waals surface area contributed by atoms with Crippen molar-refractivity contribution in [1.29, 1.82) is 0 Å². The summed E-state index contributed by atoms with van der Waals surface area (Å²) in [6, 6.07) is 14.2. The maximum absolute atomic E-state index is 12.2. The number of benzene rings is 2. The average Bonchev–Trinajstić information content (AvgIpc) is 3.00. The van der Waals surface area contributed by atoms with Gasteiger partial charge in [-0.1, -0.05) is 29.8 Å². The molecule has 0 spiro atoms. The molecule has 1 saturated heterocycles. The highest BCUT2D eigenvalue weighted by molar-refractivity contribution is 6.31. The van der Waals surface area contributed by atoms with Crippen molar-refractivity contribution in [2.75, 3.05) is 18.1 Å². The zero-order valence-corrected chi connectivity index (χ0v) is 13.0. The highest BCUT2D eigenvalue weighted by Crippen LogP contribution is 2.19. The molecule has 0 atom stereocenters. The first-order valence-electron chi connectivity index (χ1n) is 7.21. The number of nitrogens with one attached hydrogen (secondary N) is 1. The molecule has 2 aromatic carbocycles. The summed E-state index contributed by atoms with van der Waals surface area (Å²) in [5.41, 5.74) is 2.10. The van der Waals surface area contributed by atoms with E-state index in [9.17, 15) is 9.59 Å². The van der Waals surface area contributed by atoms with Crippen molar-refractivity contribution in [3.63, 3.8) is 0 Å². The number of rotatable bonds is 4. The summed E-state index contributed by atoms with van der Waals surface area (Å²) in [7, 11) is 0. The Labute approximate surface area is 138 Å². The molecular formula is C17H15ClN2O3. The van der Waals surface area contributed by atoms with Crippen LogP contribution in [0.5, 0.6) is 0 Å². The Hall–Kier alpha value is -2.53. The third-order valence-corrected chi connectivity index (χ3v) is 3.97. The van der Waals surface area contributed by atoms with E-state index in [0.717, 1.165) is 11.3 Å². The molecule has 6 heteroatoms. The van der Waals surface area contributed by atoms with E-state index in [2.05, 4.69) is 5.32 Å². The van der Waals surface area contributed by atoms with Crippen LogP contribution in [-0.2, 0) is 11.3 Å². The molecule has 0 unspecified atom stereocenters. The number of nitrogens with zero attached hydrogens (tertiary/aromatic N) is 1. The molecule has 23 heavy (non-hydrogen) atoms. The number of halogens is 1. The topological polar surface area (TPSA) is 58.6 Å². The van der Waals surface area contributed by atoms with Crippen LogP contribution in [0, 0.1) is 0 Å². The van der Waals surface area contributed by atoms with Crippen LogP contribution < -0.4 is 10.2 Å². The van der Waals surface area contributed by atoms with Crippen molar-refractivity contribution < 1.29 is 14.3 Å². The Balaban J connectivity index is 1.64. The molecule has 3 rings (SSSR count). The Morgan fingerprint density at radius 2 is 1.91 bits per heavy atom. The molecule has 0 bridgehead atoms. The molecule has 2 aromatic rings. The smallest absolute Gasteiger partial charge is 0.414 e. The molecule has 1 heterocycles. The molecule has 1 fully saturated rings. The minimum Gasteiger partial charge on any atom is -0.447 e. The van der Waals surface area contributed by atoms with Crippen molar-refractivity contribution in [2.24, 2.45) is 0 Å². The first-order chi connectivity index (χ1) is 11.1. The van der Waals surface area contributed by atoms with Gasteiger partial charge < -0.3 is 10.1 Å². The SMILES string of the molecule is O=C(NCc1ccccc1Cl)c1ccc(N2CCOC2=O)cc1. The van der Waals surface area contributed by atoms with Crippen molar-refractivity contribution in [3.8, 4) is 0 Å². The molecule has 0 aliphatic carbocycles. The lowest BCUT2D eigenvalue weighted by molar-refractivity contribution is 0.0951. The van der Waals surface area contributed by atoms with Gasteiger partial charge in [0.15, 0.2) is 0 Å². The number of anilines is 1. The van der Waals surface area contributed by atoms with E-state index < -0.39 is 0 Å². The Morgan fingerprint density at radius 1 is 1.17 bits per heavy atom. The van der Waals surface area contributed by atoms with E-state index in [0.29, 0.717) is 30.3 Å². The first-order valence-corrected chi connectivity index (χ1v) is 7.59. The molecule has 0 radical (unpaired) electrons. The van der Waals surface area contributed by atoms with Gasteiger partial charge >= 0.3 is 6.09 Å². The number of hydrogen-bond acceptors (Lipinski definition) is 3. The summed E-state index contributed by atoms with van der Waals surface area (Å²) in [5, 5.41) is 3.45. The van der Waals surface area contributed by atoms with Crippen molar-refractivity contribution in [3.05, 3.63) is 64.7 Å². The van der Waals surface area contributed by atoms with Gasteiger partial charge in [0.2, 0.25) is 0 Å². The van der Waals surface area contributed by atoms with Gasteiger partial charge in [0.1, 0.15) is 6.61 Å². The Bertz CT molecular complexity index is 731. The Kier molecular flexibility index (Phi) is 4.48.